The zero-order valence-corrected chi connectivity index (χ0v) is 9.75. The van der Waals surface area contributed by atoms with Crippen LogP contribution in [0.1, 0.15) is 45.4 Å². The lowest BCUT2D eigenvalue weighted by molar-refractivity contribution is -0.124. The first-order valence-electron chi connectivity index (χ1n) is 6.33. The Labute approximate surface area is 95.9 Å². The quantitative estimate of drug-likeness (QED) is 0.751. The van der Waals surface area contributed by atoms with E-state index in [4.69, 9.17) is 0 Å². The molecule has 1 heterocycles. The van der Waals surface area contributed by atoms with Crippen LogP contribution in [0, 0.1) is 5.92 Å². The van der Waals surface area contributed by atoms with Gasteiger partial charge in [0.05, 0.1) is 6.04 Å². The fraction of sp³-hybridized carbons (Fsp3) is 0.833. The molecule has 0 aromatic heterocycles. The van der Waals surface area contributed by atoms with Crippen LogP contribution in [0.15, 0.2) is 4.99 Å². The number of rotatable bonds is 3. The van der Waals surface area contributed by atoms with Crippen LogP contribution in [-0.4, -0.2) is 23.4 Å². The standard InChI is InChI=1S/C12H19N3O/c1-12(7-8-3-2-4-8)10(16)14-11(15-12)13-9-5-6-9/h8-9H,2-7H2,1H3,(H2,13,14,15,16). The van der Waals surface area contributed by atoms with Gasteiger partial charge in [-0.05, 0) is 32.1 Å². The van der Waals surface area contributed by atoms with Gasteiger partial charge in [-0.2, -0.15) is 0 Å². The van der Waals surface area contributed by atoms with Crippen LogP contribution in [0.25, 0.3) is 0 Å². The van der Waals surface area contributed by atoms with Crippen LogP contribution in [0.4, 0.5) is 0 Å². The Morgan fingerprint density at radius 3 is 2.69 bits per heavy atom. The van der Waals surface area contributed by atoms with Crippen molar-refractivity contribution in [3.8, 4) is 0 Å². The van der Waals surface area contributed by atoms with Crippen molar-refractivity contribution >= 4 is 11.9 Å². The predicted molar refractivity (Wildman–Crippen MR) is 62.1 cm³/mol. The van der Waals surface area contributed by atoms with E-state index in [1.54, 1.807) is 0 Å². The molecule has 0 bridgehead atoms. The molecule has 0 spiro atoms. The summed E-state index contributed by atoms with van der Waals surface area (Å²) in [7, 11) is 0. The third kappa shape index (κ3) is 1.81. The van der Waals surface area contributed by atoms with E-state index in [-0.39, 0.29) is 5.91 Å². The number of aliphatic imine (C=N–C) groups is 1. The summed E-state index contributed by atoms with van der Waals surface area (Å²) in [5, 5.41) is 6.15. The molecule has 3 aliphatic rings. The summed E-state index contributed by atoms with van der Waals surface area (Å²) in [4.78, 5) is 16.4. The molecule has 3 fully saturated rings. The van der Waals surface area contributed by atoms with Crippen molar-refractivity contribution in [2.24, 2.45) is 10.9 Å². The van der Waals surface area contributed by atoms with E-state index in [1.807, 2.05) is 6.92 Å². The van der Waals surface area contributed by atoms with Gasteiger partial charge in [-0.3, -0.25) is 10.1 Å². The van der Waals surface area contributed by atoms with Crippen molar-refractivity contribution in [3.05, 3.63) is 0 Å². The molecule has 2 saturated carbocycles. The van der Waals surface area contributed by atoms with Gasteiger partial charge in [-0.15, -0.1) is 0 Å². The third-order valence-corrected chi connectivity index (χ3v) is 3.91. The topological polar surface area (TPSA) is 53.5 Å². The van der Waals surface area contributed by atoms with E-state index in [9.17, 15) is 4.79 Å². The number of nitrogens with one attached hydrogen (secondary N) is 2. The number of nitrogens with zero attached hydrogens (tertiary/aromatic N) is 1. The second kappa shape index (κ2) is 3.47. The molecule has 0 aromatic rings. The van der Waals surface area contributed by atoms with Crippen molar-refractivity contribution < 1.29 is 4.79 Å². The average molecular weight is 221 g/mol. The van der Waals surface area contributed by atoms with E-state index in [2.05, 4.69) is 15.6 Å². The monoisotopic (exact) mass is 221 g/mol. The smallest absolute Gasteiger partial charge is 0.252 e. The minimum Gasteiger partial charge on any atom is -0.342 e. The number of carbonyl (C=O) groups is 1. The number of amides is 1. The highest BCUT2D eigenvalue weighted by Crippen LogP contribution is 2.34. The van der Waals surface area contributed by atoms with Crippen LogP contribution in [0.5, 0.6) is 0 Å². The van der Waals surface area contributed by atoms with Crippen LogP contribution in [-0.2, 0) is 4.79 Å². The predicted octanol–water partition coefficient (Wildman–Crippen LogP) is 1.17. The highest BCUT2D eigenvalue weighted by molar-refractivity contribution is 6.08. The maximum atomic E-state index is 11.9. The Bertz CT molecular complexity index is 344. The van der Waals surface area contributed by atoms with Gasteiger partial charge in [-0.1, -0.05) is 19.3 Å². The molecule has 3 rings (SSSR count). The molecule has 0 aromatic carbocycles. The van der Waals surface area contributed by atoms with Gasteiger partial charge in [0.1, 0.15) is 5.54 Å². The maximum absolute atomic E-state index is 11.9. The lowest BCUT2D eigenvalue weighted by Crippen LogP contribution is -2.46. The average Bonchev–Trinajstić information content (AvgIpc) is 2.90. The summed E-state index contributed by atoms with van der Waals surface area (Å²) in [5.41, 5.74) is -0.418. The van der Waals surface area contributed by atoms with Gasteiger partial charge >= 0.3 is 0 Å². The van der Waals surface area contributed by atoms with E-state index in [0.717, 1.165) is 12.3 Å². The fourth-order valence-corrected chi connectivity index (χ4v) is 2.46. The molecular formula is C12H19N3O. The summed E-state index contributed by atoms with van der Waals surface area (Å²) in [6.07, 6.45) is 7.16. The summed E-state index contributed by atoms with van der Waals surface area (Å²) in [6.45, 7) is 2.00. The normalized spacial score (nSPS) is 37.1. The minimum absolute atomic E-state index is 0.0961. The molecule has 88 valence electrons. The molecular weight excluding hydrogens is 202 g/mol. The lowest BCUT2D eigenvalue weighted by atomic mass is 9.76. The molecule has 16 heavy (non-hydrogen) atoms. The maximum Gasteiger partial charge on any atom is 0.252 e. The molecule has 1 saturated heterocycles. The van der Waals surface area contributed by atoms with Gasteiger partial charge in [0.15, 0.2) is 5.96 Å². The molecule has 2 N–H and O–H groups in total. The van der Waals surface area contributed by atoms with E-state index < -0.39 is 5.54 Å². The second-order valence-electron chi connectivity index (χ2n) is 5.62. The van der Waals surface area contributed by atoms with Crippen molar-refractivity contribution in [3.63, 3.8) is 0 Å². The Balaban J connectivity index is 1.67. The van der Waals surface area contributed by atoms with Gasteiger partial charge < -0.3 is 5.32 Å². The zero-order valence-electron chi connectivity index (χ0n) is 9.75. The number of hydrogen-bond acceptors (Lipinski definition) is 2. The molecule has 1 unspecified atom stereocenters. The van der Waals surface area contributed by atoms with Crippen molar-refractivity contribution in [1.82, 2.24) is 10.6 Å². The first-order valence-corrected chi connectivity index (χ1v) is 6.33. The SMILES string of the molecule is CC1(CC2CCC2)NC(=NC2CC2)NC1=O. The summed E-state index contributed by atoms with van der Waals surface area (Å²) in [5.74, 6) is 1.52. The van der Waals surface area contributed by atoms with Crippen molar-refractivity contribution in [2.75, 3.05) is 0 Å². The largest absolute Gasteiger partial charge is 0.342 e. The Morgan fingerprint density at radius 2 is 2.12 bits per heavy atom. The molecule has 1 aliphatic heterocycles. The minimum atomic E-state index is -0.418. The molecule has 4 heteroatoms. The number of carbonyl (C=O) groups excluding carboxylic acids is 1. The summed E-state index contributed by atoms with van der Waals surface area (Å²) in [6, 6.07) is 0.453. The molecule has 1 atom stereocenters. The Hall–Kier alpha value is -1.06. The van der Waals surface area contributed by atoms with Gasteiger partial charge in [0.25, 0.3) is 5.91 Å². The Kier molecular flexibility index (Phi) is 2.19. The molecule has 1 amide bonds. The van der Waals surface area contributed by atoms with Crippen LogP contribution < -0.4 is 10.6 Å². The first-order chi connectivity index (χ1) is 7.66. The van der Waals surface area contributed by atoms with Crippen molar-refractivity contribution in [1.29, 1.82) is 0 Å². The summed E-state index contributed by atoms with van der Waals surface area (Å²) >= 11 is 0. The third-order valence-electron chi connectivity index (χ3n) is 3.91. The van der Waals surface area contributed by atoms with Crippen LogP contribution in [0.2, 0.25) is 0 Å². The molecule has 4 nitrogen and oxygen atoms in total. The Morgan fingerprint density at radius 1 is 1.38 bits per heavy atom. The first kappa shape index (κ1) is 10.1. The van der Waals surface area contributed by atoms with E-state index >= 15 is 0 Å². The fourth-order valence-electron chi connectivity index (χ4n) is 2.46. The van der Waals surface area contributed by atoms with Crippen LogP contribution in [0.3, 0.4) is 0 Å². The summed E-state index contributed by atoms with van der Waals surface area (Å²) < 4.78 is 0. The second-order valence-corrected chi connectivity index (χ2v) is 5.62. The highest BCUT2D eigenvalue weighted by atomic mass is 16.2. The van der Waals surface area contributed by atoms with Gasteiger partial charge in [-0.25, -0.2) is 4.99 Å². The molecule has 0 radical (unpaired) electrons. The van der Waals surface area contributed by atoms with Crippen LogP contribution >= 0.6 is 0 Å². The van der Waals surface area contributed by atoms with E-state index in [1.165, 1.54) is 32.1 Å². The van der Waals surface area contributed by atoms with Gasteiger partial charge in [0, 0.05) is 0 Å². The van der Waals surface area contributed by atoms with Gasteiger partial charge in [0.2, 0.25) is 0 Å². The van der Waals surface area contributed by atoms with E-state index in [0.29, 0.717) is 12.0 Å². The van der Waals surface area contributed by atoms with Crippen molar-refractivity contribution in [2.45, 2.75) is 57.0 Å². The highest BCUT2D eigenvalue weighted by Gasteiger charge is 2.43. The zero-order chi connectivity index (χ0) is 11.2. The number of hydrogen-bond donors (Lipinski definition) is 2. The molecule has 2 aliphatic carbocycles. The number of guanidine groups is 1. The lowest BCUT2D eigenvalue weighted by Gasteiger charge is -2.32.